The van der Waals surface area contributed by atoms with Crippen molar-refractivity contribution in [2.45, 2.75) is 33.8 Å². The summed E-state index contributed by atoms with van der Waals surface area (Å²) in [5.74, 6) is -0.534. The average molecular weight is 298 g/mol. The van der Waals surface area contributed by atoms with Crippen LogP contribution in [-0.2, 0) is 7.05 Å². The zero-order valence-electron chi connectivity index (χ0n) is 13.0. The molecular weight excluding hydrogens is 276 g/mol. The molecule has 0 saturated heterocycles. The van der Waals surface area contributed by atoms with Crippen LogP contribution in [0.15, 0.2) is 6.20 Å². The molecule has 0 saturated carbocycles. The number of aromatic nitrogens is 2. The van der Waals surface area contributed by atoms with Crippen LogP contribution in [0.4, 0.5) is 5.69 Å². The molecule has 0 aliphatic heterocycles. The van der Waals surface area contributed by atoms with E-state index in [4.69, 9.17) is 0 Å². The second-order valence-corrected chi connectivity index (χ2v) is 6.12. The van der Waals surface area contributed by atoms with E-state index in [0.29, 0.717) is 0 Å². The van der Waals surface area contributed by atoms with Crippen molar-refractivity contribution >= 4 is 11.6 Å². The van der Waals surface area contributed by atoms with Crippen molar-refractivity contribution in [3.63, 3.8) is 0 Å². The average Bonchev–Trinajstić information content (AvgIpc) is 2.77. The Morgan fingerprint density at radius 2 is 2.14 bits per heavy atom. The molecule has 1 aromatic rings. The minimum atomic E-state index is -0.643. The number of aliphatic hydroxyl groups excluding tert-OH is 1. The van der Waals surface area contributed by atoms with Gasteiger partial charge in [0.25, 0.3) is 5.91 Å². The van der Waals surface area contributed by atoms with Gasteiger partial charge in [-0.15, -0.1) is 0 Å². The van der Waals surface area contributed by atoms with Crippen molar-refractivity contribution in [1.82, 2.24) is 15.1 Å². The summed E-state index contributed by atoms with van der Waals surface area (Å²) in [4.78, 5) is 22.4. The summed E-state index contributed by atoms with van der Waals surface area (Å²) in [5, 5.41) is 27.4. The predicted molar refractivity (Wildman–Crippen MR) is 76.8 cm³/mol. The molecule has 0 fully saturated rings. The number of carbonyl (C=O) groups excluding carboxylic acids is 1. The number of amides is 1. The van der Waals surface area contributed by atoms with E-state index in [1.54, 1.807) is 0 Å². The molecule has 1 aromatic heterocycles. The fraction of sp³-hybridized carbons (Fsp3) is 0.692. The number of nitrogens with zero attached hydrogens (tertiary/aromatic N) is 3. The molecule has 0 aliphatic carbocycles. The number of hydrogen-bond donors (Lipinski definition) is 2. The summed E-state index contributed by atoms with van der Waals surface area (Å²) in [6.07, 6.45) is 0.447. The highest BCUT2D eigenvalue weighted by Gasteiger charge is 2.32. The van der Waals surface area contributed by atoms with Gasteiger partial charge in [0.2, 0.25) is 5.69 Å². The van der Waals surface area contributed by atoms with Crippen LogP contribution in [0.2, 0.25) is 0 Å². The molecule has 0 aromatic carbocycles. The van der Waals surface area contributed by atoms with E-state index in [1.165, 1.54) is 11.7 Å². The van der Waals surface area contributed by atoms with Gasteiger partial charge < -0.3 is 10.4 Å². The van der Waals surface area contributed by atoms with E-state index in [0.717, 1.165) is 6.20 Å². The maximum Gasteiger partial charge on any atom is 0.320 e. The van der Waals surface area contributed by atoms with Crippen LogP contribution in [0.5, 0.6) is 0 Å². The van der Waals surface area contributed by atoms with Gasteiger partial charge in [-0.1, -0.05) is 27.7 Å². The largest absolute Gasteiger partial charge is 0.392 e. The van der Waals surface area contributed by atoms with Crippen LogP contribution in [0, 0.1) is 21.4 Å². The van der Waals surface area contributed by atoms with E-state index >= 15 is 0 Å². The van der Waals surface area contributed by atoms with Gasteiger partial charge in [-0.05, 0) is 5.92 Å². The van der Waals surface area contributed by atoms with Crippen LogP contribution >= 0.6 is 0 Å². The zero-order chi connectivity index (χ0) is 16.4. The fourth-order valence-corrected chi connectivity index (χ4v) is 2.22. The Morgan fingerprint density at radius 1 is 1.57 bits per heavy atom. The van der Waals surface area contributed by atoms with E-state index in [-0.39, 0.29) is 23.8 Å². The predicted octanol–water partition coefficient (Wildman–Crippen LogP) is 1.10. The maximum atomic E-state index is 12.1. The third kappa shape index (κ3) is 3.78. The Kier molecular flexibility index (Phi) is 5.06. The first-order valence-electron chi connectivity index (χ1n) is 6.70. The lowest BCUT2D eigenvalue weighted by atomic mass is 9.80. The van der Waals surface area contributed by atoms with Crippen molar-refractivity contribution in [3.05, 3.63) is 22.0 Å². The third-order valence-corrected chi connectivity index (χ3v) is 3.47. The molecule has 0 spiro atoms. The number of nitrogens with one attached hydrogen (secondary N) is 1. The van der Waals surface area contributed by atoms with Crippen molar-refractivity contribution in [1.29, 1.82) is 0 Å². The van der Waals surface area contributed by atoms with Gasteiger partial charge in [-0.3, -0.25) is 19.6 Å². The molecule has 2 N–H and O–H groups in total. The van der Waals surface area contributed by atoms with Crippen LogP contribution in [0.1, 0.15) is 38.2 Å². The van der Waals surface area contributed by atoms with Gasteiger partial charge in [0.05, 0.1) is 11.0 Å². The lowest BCUT2D eigenvalue weighted by Gasteiger charge is -2.33. The first kappa shape index (κ1) is 17.1. The zero-order valence-corrected chi connectivity index (χ0v) is 13.0. The molecule has 0 aliphatic rings. The third-order valence-electron chi connectivity index (χ3n) is 3.47. The first-order chi connectivity index (χ1) is 9.58. The molecule has 1 amide bonds. The molecule has 0 radical (unpaired) electrons. The molecule has 0 bridgehead atoms. The van der Waals surface area contributed by atoms with Crippen LogP contribution in [0.25, 0.3) is 0 Å². The SMILES string of the molecule is CC(C)C(O)C(C)(C)CNC(=O)c1c([N+](=O)[O-])cnn1C. The number of nitro groups is 1. The lowest BCUT2D eigenvalue weighted by Crippen LogP contribution is -2.44. The van der Waals surface area contributed by atoms with Gasteiger partial charge in [-0.25, -0.2) is 0 Å². The van der Waals surface area contributed by atoms with E-state index in [9.17, 15) is 20.0 Å². The number of hydrogen-bond acceptors (Lipinski definition) is 5. The molecule has 8 nitrogen and oxygen atoms in total. The van der Waals surface area contributed by atoms with Crippen molar-refractivity contribution in [2.75, 3.05) is 6.54 Å². The smallest absolute Gasteiger partial charge is 0.320 e. The first-order valence-corrected chi connectivity index (χ1v) is 6.70. The molecular formula is C13H22N4O4. The number of rotatable bonds is 6. The second-order valence-electron chi connectivity index (χ2n) is 6.12. The molecule has 1 unspecified atom stereocenters. The van der Waals surface area contributed by atoms with E-state index in [2.05, 4.69) is 10.4 Å². The van der Waals surface area contributed by atoms with Crippen LogP contribution < -0.4 is 5.32 Å². The maximum absolute atomic E-state index is 12.1. The highest BCUT2D eigenvalue weighted by Crippen LogP contribution is 2.25. The summed E-state index contributed by atoms with van der Waals surface area (Å²) >= 11 is 0. The summed E-state index contributed by atoms with van der Waals surface area (Å²) in [7, 11) is 1.47. The minimum Gasteiger partial charge on any atom is -0.392 e. The van der Waals surface area contributed by atoms with E-state index < -0.39 is 22.3 Å². The van der Waals surface area contributed by atoms with E-state index in [1.807, 2.05) is 27.7 Å². The second kappa shape index (κ2) is 6.21. The molecule has 8 heteroatoms. The highest BCUT2D eigenvalue weighted by molar-refractivity contribution is 5.96. The minimum absolute atomic E-state index is 0.0444. The quantitative estimate of drug-likeness (QED) is 0.603. The summed E-state index contributed by atoms with van der Waals surface area (Å²) in [6, 6.07) is 0. The summed E-state index contributed by atoms with van der Waals surface area (Å²) in [6.45, 7) is 7.64. The fourth-order valence-electron chi connectivity index (χ4n) is 2.22. The van der Waals surface area contributed by atoms with Gasteiger partial charge in [0.1, 0.15) is 6.20 Å². The van der Waals surface area contributed by atoms with Crippen LogP contribution in [-0.4, -0.2) is 38.4 Å². The lowest BCUT2D eigenvalue weighted by molar-refractivity contribution is -0.385. The monoisotopic (exact) mass is 298 g/mol. The van der Waals surface area contributed by atoms with Crippen molar-refractivity contribution < 1.29 is 14.8 Å². The Labute approximate surface area is 123 Å². The van der Waals surface area contributed by atoms with Gasteiger partial charge in [0, 0.05) is 19.0 Å². The number of aliphatic hydroxyl groups is 1. The van der Waals surface area contributed by atoms with Crippen LogP contribution in [0.3, 0.4) is 0 Å². The topological polar surface area (TPSA) is 110 Å². The molecule has 21 heavy (non-hydrogen) atoms. The van der Waals surface area contributed by atoms with Gasteiger partial charge >= 0.3 is 5.69 Å². The molecule has 1 heterocycles. The summed E-state index contributed by atoms with van der Waals surface area (Å²) in [5.41, 5.74) is -0.982. The summed E-state index contributed by atoms with van der Waals surface area (Å²) < 4.78 is 1.17. The Balaban J connectivity index is 2.84. The Morgan fingerprint density at radius 3 is 2.62 bits per heavy atom. The van der Waals surface area contributed by atoms with Crippen molar-refractivity contribution in [2.24, 2.45) is 18.4 Å². The molecule has 1 rings (SSSR count). The van der Waals surface area contributed by atoms with Gasteiger partial charge in [-0.2, -0.15) is 5.10 Å². The standard InChI is InChI=1S/C13H22N4O4/c1-8(2)11(18)13(3,4)7-14-12(19)10-9(17(20)21)6-15-16(10)5/h6,8,11,18H,7H2,1-5H3,(H,14,19). The highest BCUT2D eigenvalue weighted by atomic mass is 16.6. The Bertz CT molecular complexity index is 536. The Hall–Kier alpha value is -1.96. The van der Waals surface area contributed by atoms with Crippen molar-refractivity contribution in [3.8, 4) is 0 Å². The number of carbonyl (C=O) groups is 1. The van der Waals surface area contributed by atoms with Gasteiger partial charge in [0.15, 0.2) is 0 Å². The molecule has 1 atom stereocenters. The molecule has 118 valence electrons. The normalized spacial score (nSPS) is 13.3. The number of aryl methyl sites for hydroxylation is 1.